The number of azide groups is 1. The lowest BCUT2D eigenvalue weighted by Gasteiger charge is -2.27. The van der Waals surface area contributed by atoms with Crippen molar-refractivity contribution in [3.05, 3.63) is 93.6 Å². The largest absolute Gasteiger partial charge is 0.497 e. The van der Waals surface area contributed by atoms with Crippen LogP contribution in [0.2, 0.25) is 0 Å². The zero-order chi connectivity index (χ0) is 28.0. The molecule has 1 unspecified atom stereocenters. The molecule has 0 amide bonds. The van der Waals surface area contributed by atoms with Gasteiger partial charge >= 0.3 is 5.97 Å². The first-order valence-corrected chi connectivity index (χ1v) is 13.0. The van der Waals surface area contributed by atoms with Crippen molar-refractivity contribution < 1.29 is 23.4 Å². The summed E-state index contributed by atoms with van der Waals surface area (Å²) in [5.74, 6) is 1.29. The van der Waals surface area contributed by atoms with E-state index in [-0.39, 0.29) is 24.2 Å². The van der Waals surface area contributed by atoms with Crippen molar-refractivity contribution in [3.8, 4) is 22.6 Å². The van der Waals surface area contributed by atoms with Gasteiger partial charge in [-0.05, 0) is 88.2 Å². The molecule has 8 heteroatoms. The summed E-state index contributed by atoms with van der Waals surface area (Å²) in [4.78, 5) is 14.9. The quantitative estimate of drug-likeness (QED) is 0.103. The molecule has 1 fully saturated rings. The van der Waals surface area contributed by atoms with Crippen LogP contribution in [-0.2, 0) is 21.6 Å². The Morgan fingerprint density at radius 1 is 1.08 bits per heavy atom. The minimum Gasteiger partial charge on any atom is -0.497 e. The van der Waals surface area contributed by atoms with Gasteiger partial charge in [0.2, 0.25) is 0 Å². The molecule has 1 saturated carbocycles. The zero-order valence-corrected chi connectivity index (χ0v) is 22.8. The van der Waals surface area contributed by atoms with E-state index in [1.807, 2.05) is 56.3 Å². The second-order valence-corrected chi connectivity index (χ2v) is 10.6. The van der Waals surface area contributed by atoms with Crippen LogP contribution < -0.4 is 9.47 Å². The van der Waals surface area contributed by atoms with Gasteiger partial charge in [0.15, 0.2) is 0 Å². The predicted molar refractivity (Wildman–Crippen MR) is 148 cm³/mol. The van der Waals surface area contributed by atoms with Crippen LogP contribution in [0.4, 0.5) is 4.39 Å². The summed E-state index contributed by atoms with van der Waals surface area (Å²) in [7, 11) is 2.96. The van der Waals surface area contributed by atoms with Crippen molar-refractivity contribution in [2.45, 2.75) is 51.0 Å². The predicted octanol–water partition coefficient (Wildman–Crippen LogP) is 7.72. The fourth-order valence-electron chi connectivity index (χ4n) is 4.93. The first-order chi connectivity index (χ1) is 18.7. The SMILES string of the molecule is COC(=O)CC(c1cccc(OCc2ccc(-c3cc(OC)ccc3F)c(C(C)(C)CN=[N+]=[N-])c2)c1)C1CC1. The molecule has 0 spiro atoms. The van der Waals surface area contributed by atoms with Gasteiger partial charge in [0.1, 0.15) is 23.9 Å². The Morgan fingerprint density at radius 3 is 2.56 bits per heavy atom. The van der Waals surface area contributed by atoms with E-state index in [9.17, 15) is 9.18 Å². The van der Waals surface area contributed by atoms with Gasteiger partial charge in [-0.2, -0.15) is 0 Å². The van der Waals surface area contributed by atoms with Crippen LogP contribution >= 0.6 is 0 Å². The normalized spacial score (nSPS) is 13.8. The van der Waals surface area contributed by atoms with Gasteiger partial charge in [-0.25, -0.2) is 4.39 Å². The zero-order valence-electron chi connectivity index (χ0n) is 22.8. The van der Waals surface area contributed by atoms with Crippen LogP contribution in [0.15, 0.2) is 65.8 Å². The van der Waals surface area contributed by atoms with E-state index in [0.717, 1.165) is 29.5 Å². The Balaban J connectivity index is 1.62. The lowest BCUT2D eigenvalue weighted by molar-refractivity contribution is -0.141. The number of esters is 1. The van der Waals surface area contributed by atoms with Crippen LogP contribution in [0.3, 0.4) is 0 Å². The second-order valence-electron chi connectivity index (χ2n) is 10.6. The number of rotatable bonds is 12. The van der Waals surface area contributed by atoms with Gasteiger partial charge < -0.3 is 14.2 Å². The molecule has 3 aromatic rings. The fraction of sp³-hybridized carbons (Fsp3) is 0.387. The Labute approximate surface area is 228 Å². The first kappa shape index (κ1) is 28.0. The molecule has 0 saturated heterocycles. The van der Waals surface area contributed by atoms with Gasteiger partial charge in [0, 0.05) is 17.0 Å². The Bertz CT molecular complexity index is 1380. The van der Waals surface area contributed by atoms with Gasteiger partial charge in [0.25, 0.3) is 0 Å². The minimum absolute atomic E-state index is 0.117. The summed E-state index contributed by atoms with van der Waals surface area (Å²) in [5.41, 5.74) is 12.3. The number of methoxy groups -OCH3 is 2. The highest BCUT2D eigenvalue weighted by Crippen LogP contribution is 2.45. The van der Waals surface area contributed by atoms with Gasteiger partial charge in [-0.3, -0.25) is 4.79 Å². The molecular weight excluding hydrogens is 497 g/mol. The molecule has 1 aliphatic rings. The van der Waals surface area contributed by atoms with Gasteiger partial charge in [-0.15, -0.1) is 0 Å². The molecular formula is C31H34FN3O4. The number of benzene rings is 3. The molecule has 0 radical (unpaired) electrons. The van der Waals surface area contributed by atoms with E-state index in [1.165, 1.54) is 13.2 Å². The summed E-state index contributed by atoms with van der Waals surface area (Å²) in [6.07, 6.45) is 2.58. The lowest BCUT2D eigenvalue weighted by atomic mass is 9.79. The molecule has 0 heterocycles. The van der Waals surface area contributed by atoms with Gasteiger partial charge in [0.05, 0.1) is 20.6 Å². The maximum absolute atomic E-state index is 15.0. The third-order valence-electron chi connectivity index (χ3n) is 7.30. The number of carbonyl (C=O) groups is 1. The maximum Gasteiger partial charge on any atom is 0.306 e. The number of ether oxygens (including phenoxy) is 3. The number of nitrogens with zero attached hydrogens (tertiary/aromatic N) is 3. The second kappa shape index (κ2) is 12.2. The molecule has 3 aromatic carbocycles. The molecule has 39 heavy (non-hydrogen) atoms. The Morgan fingerprint density at radius 2 is 1.87 bits per heavy atom. The molecule has 1 aliphatic carbocycles. The smallest absolute Gasteiger partial charge is 0.306 e. The van der Waals surface area contributed by atoms with Crippen molar-refractivity contribution in [1.82, 2.24) is 0 Å². The van der Waals surface area contributed by atoms with Crippen LogP contribution in [0.25, 0.3) is 21.6 Å². The Kier molecular flexibility index (Phi) is 8.77. The highest BCUT2D eigenvalue weighted by atomic mass is 19.1. The number of halogens is 1. The highest BCUT2D eigenvalue weighted by Gasteiger charge is 2.34. The van der Waals surface area contributed by atoms with E-state index < -0.39 is 5.41 Å². The van der Waals surface area contributed by atoms with E-state index >= 15 is 0 Å². The van der Waals surface area contributed by atoms with Crippen LogP contribution in [0.5, 0.6) is 11.5 Å². The van der Waals surface area contributed by atoms with Gasteiger partial charge in [-0.1, -0.05) is 49.3 Å². The standard InChI is InChI=1S/C31H34FN3O4/c1-31(2,19-34-35-33)28-14-20(8-12-25(28)27-16-23(37-3)11-13-29(27)32)18-39-24-7-5-6-22(15-24)26(21-9-10-21)17-30(36)38-4/h5-8,11-16,21,26H,9-10,17-19H2,1-4H3. The van der Waals surface area contributed by atoms with Crippen molar-refractivity contribution in [2.75, 3.05) is 20.8 Å². The topological polar surface area (TPSA) is 93.5 Å². The van der Waals surface area contributed by atoms with Crippen molar-refractivity contribution >= 4 is 5.97 Å². The first-order valence-electron chi connectivity index (χ1n) is 13.0. The third-order valence-corrected chi connectivity index (χ3v) is 7.30. The molecule has 0 bridgehead atoms. The molecule has 1 atom stereocenters. The maximum atomic E-state index is 15.0. The number of hydrogen-bond donors (Lipinski definition) is 0. The van der Waals surface area contributed by atoms with Crippen molar-refractivity contribution in [3.63, 3.8) is 0 Å². The summed E-state index contributed by atoms with van der Waals surface area (Å²) in [5, 5.41) is 3.80. The molecule has 0 N–H and O–H groups in total. The number of carbonyl (C=O) groups excluding carboxylic acids is 1. The van der Waals surface area contributed by atoms with Crippen molar-refractivity contribution in [2.24, 2.45) is 11.0 Å². The fourth-order valence-corrected chi connectivity index (χ4v) is 4.93. The number of hydrogen-bond acceptors (Lipinski definition) is 5. The van der Waals surface area contributed by atoms with Crippen LogP contribution in [0.1, 0.15) is 55.7 Å². The minimum atomic E-state index is -0.571. The van der Waals surface area contributed by atoms with E-state index in [4.69, 9.17) is 19.7 Å². The molecule has 204 valence electrons. The molecule has 0 aliphatic heterocycles. The third kappa shape index (κ3) is 6.89. The van der Waals surface area contributed by atoms with Crippen molar-refractivity contribution in [1.29, 1.82) is 0 Å². The average Bonchev–Trinajstić information content (AvgIpc) is 3.79. The van der Waals surface area contributed by atoms with Crippen LogP contribution in [-0.4, -0.2) is 26.7 Å². The average molecular weight is 532 g/mol. The molecule has 4 rings (SSSR count). The summed E-state index contributed by atoms with van der Waals surface area (Å²) in [6, 6.07) is 18.3. The molecule has 0 aromatic heterocycles. The Hall–Kier alpha value is -4.03. The van der Waals surface area contributed by atoms with E-state index in [1.54, 1.807) is 19.2 Å². The summed E-state index contributed by atoms with van der Waals surface area (Å²) < 4.78 is 31.4. The van der Waals surface area contributed by atoms with E-state index in [0.29, 0.717) is 41.6 Å². The lowest BCUT2D eigenvalue weighted by Crippen LogP contribution is -2.22. The highest BCUT2D eigenvalue weighted by molar-refractivity contribution is 5.72. The monoisotopic (exact) mass is 531 g/mol. The summed E-state index contributed by atoms with van der Waals surface area (Å²) in [6.45, 7) is 4.43. The molecule has 7 nitrogen and oxygen atoms in total. The van der Waals surface area contributed by atoms with Crippen LogP contribution in [0, 0.1) is 11.7 Å². The van der Waals surface area contributed by atoms with E-state index in [2.05, 4.69) is 10.0 Å². The summed E-state index contributed by atoms with van der Waals surface area (Å²) >= 11 is 0.